The van der Waals surface area contributed by atoms with E-state index in [-0.39, 0.29) is 16.5 Å². The van der Waals surface area contributed by atoms with Crippen molar-refractivity contribution in [3.8, 4) is 0 Å². The molecule has 0 aliphatic heterocycles. The van der Waals surface area contributed by atoms with Crippen molar-refractivity contribution in [2.45, 2.75) is 20.5 Å². The molecular formula is C8H4Cl6O2. The van der Waals surface area contributed by atoms with Crippen LogP contribution in [0.5, 0.6) is 0 Å². The highest BCUT2D eigenvalue weighted by atomic mass is 35.5. The number of hydrogen-bond acceptors (Lipinski definition) is 1. The Hall–Kier alpha value is 0.950. The summed E-state index contributed by atoms with van der Waals surface area (Å²) in [6.45, 7) is 0. The van der Waals surface area contributed by atoms with E-state index in [2.05, 4.69) is 0 Å². The average Bonchev–Trinajstić information content (AvgIpc) is 2.39. The van der Waals surface area contributed by atoms with Crippen LogP contribution < -0.4 is 0 Å². The summed E-state index contributed by atoms with van der Waals surface area (Å²) in [7, 11) is 0. The van der Waals surface area contributed by atoms with Crippen molar-refractivity contribution in [2.75, 3.05) is 0 Å². The van der Waals surface area contributed by atoms with E-state index in [1.165, 1.54) is 0 Å². The number of aliphatic carboxylic acids is 1. The summed E-state index contributed by atoms with van der Waals surface area (Å²) in [6, 6.07) is 0. The van der Waals surface area contributed by atoms with Crippen molar-refractivity contribution >= 4 is 75.6 Å². The van der Waals surface area contributed by atoms with Crippen LogP contribution in [0, 0.1) is 5.92 Å². The highest BCUT2D eigenvalue weighted by Gasteiger charge is 2.79. The molecule has 0 radical (unpaired) electrons. The van der Waals surface area contributed by atoms with Gasteiger partial charge in [0.15, 0.2) is 4.33 Å². The van der Waals surface area contributed by atoms with E-state index in [0.29, 0.717) is 0 Å². The van der Waals surface area contributed by atoms with Crippen molar-refractivity contribution in [2.24, 2.45) is 5.92 Å². The molecule has 1 saturated carbocycles. The summed E-state index contributed by atoms with van der Waals surface area (Å²) >= 11 is 36.3. The van der Waals surface area contributed by atoms with Crippen LogP contribution in [-0.2, 0) is 4.79 Å². The Balaban J connectivity index is 2.69. The molecule has 1 fully saturated rings. The summed E-state index contributed by atoms with van der Waals surface area (Å²) in [5.41, 5.74) is 0. The second-order valence-corrected chi connectivity index (χ2v) is 7.13. The fourth-order valence-corrected chi connectivity index (χ4v) is 4.93. The Bertz CT molecular complexity index is 419. The molecule has 0 unspecified atom stereocenters. The Kier molecular flexibility index (Phi) is 2.92. The maximum absolute atomic E-state index is 11.1. The van der Waals surface area contributed by atoms with Crippen molar-refractivity contribution in [3.63, 3.8) is 0 Å². The van der Waals surface area contributed by atoms with E-state index >= 15 is 0 Å². The van der Waals surface area contributed by atoms with Gasteiger partial charge >= 0.3 is 5.97 Å². The minimum atomic E-state index is -1.75. The van der Waals surface area contributed by atoms with Gasteiger partial charge in [-0.1, -0.05) is 46.4 Å². The zero-order valence-corrected chi connectivity index (χ0v) is 11.9. The molecule has 3 atom stereocenters. The summed E-state index contributed by atoms with van der Waals surface area (Å²) in [5, 5.41) is 9.00. The normalized spacial score (nSPS) is 45.2. The van der Waals surface area contributed by atoms with Gasteiger partial charge in [-0.3, -0.25) is 4.79 Å². The lowest BCUT2D eigenvalue weighted by atomic mass is 9.92. The highest BCUT2D eigenvalue weighted by Crippen LogP contribution is 2.74. The third-order valence-corrected chi connectivity index (χ3v) is 7.36. The monoisotopic (exact) mass is 342 g/mol. The lowest BCUT2D eigenvalue weighted by molar-refractivity contribution is -0.142. The van der Waals surface area contributed by atoms with E-state index in [4.69, 9.17) is 74.7 Å². The topological polar surface area (TPSA) is 37.3 Å². The first-order chi connectivity index (χ1) is 7.10. The summed E-state index contributed by atoms with van der Waals surface area (Å²) < 4.78 is -1.75. The van der Waals surface area contributed by atoms with E-state index in [1.54, 1.807) is 0 Å². The minimum absolute atomic E-state index is 0.0216. The Morgan fingerprint density at radius 1 is 1.19 bits per heavy atom. The van der Waals surface area contributed by atoms with Crippen LogP contribution in [0.4, 0.5) is 0 Å². The molecule has 2 rings (SSSR count). The third kappa shape index (κ3) is 1.17. The fraction of sp³-hybridized carbons (Fsp3) is 0.625. The van der Waals surface area contributed by atoms with Crippen molar-refractivity contribution in [1.29, 1.82) is 0 Å². The van der Waals surface area contributed by atoms with Gasteiger partial charge in [0, 0.05) is 0 Å². The predicted octanol–water partition coefficient (Wildman–Crippen LogP) is 3.92. The summed E-state index contributed by atoms with van der Waals surface area (Å²) in [6.07, 6.45) is -0.0601. The lowest BCUT2D eigenvalue weighted by Crippen LogP contribution is -2.45. The van der Waals surface area contributed by atoms with E-state index in [1.807, 2.05) is 0 Å². The van der Waals surface area contributed by atoms with Crippen molar-refractivity contribution in [1.82, 2.24) is 0 Å². The van der Waals surface area contributed by atoms with Crippen LogP contribution in [-0.4, -0.2) is 25.2 Å². The number of halogens is 6. The Labute approximate surface area is 121 Å². The SMILES string of the molecule is O=C(O)[C@@H]1C[C@]2(Cl)C(Cl)=C(Cl)[C@]1(Cl)C2(Cl)Cl. The van der Waals surface area contributed by atoms with Crippen LogP contribution in [0.1, 0.15) is 6.42 Å². The number of alkyl halides is 4. The number of hydrogen-bond donors (Lipinski definition) is 1. The van der Waals surface area contributed by atoms with E-state index in [0.717, 1.165) is 0 Å². The molecule has 2 aliphatic carbocycles. The molecule has 90 valence electrons. The van der Waals surface area contributed by atoms with Crippen molar-refractivity contribution in [3.05, 3.63) is 10.1 Å². The molecule has 0 spiro atoms. The quantitative estimate of drug-likeness (QED) is 0.732. The standard InChI is InChI=1S/C8H4Cl6O2/c9-3-4(10)7(12)2(5(15)16)1-6(3,11)8(7,13)14/h2H,1H2,(H,15,16)/t2-,6-,7-/m0/s1. The third-order valence-electron chi connectivity index (χ3n) is 3.08. The van der Waals surface area contributed by atoms with Crippen LogP contribution in [0.3, 0.4) is 0 Å². The first kappa shape index (κ1) is 13.4. The molecule has 0 aromatic carbocycles. The van der Waals surface area contributed by atoms with Crippen LogP contribution in [0.15, 0.2) is 10.1 Å². The molecule has 2 aliphatic rings. The van der Waals surface area contributed by atoms with Crippen LogP contribution >= 0.6 is 69.6 Å². The van der Waals surface area contributed by atoms with Gasteiger partial charge in [-0.25, -0.2) is 0 Å². The molecule has 2 bridgehead atoms. The van der Waals surface area contributed by atoms with Gasteiger partial charge in [-0.15, -0.1) is 23.2 Å². The lowest BCUT2D eigenvalue weighted by Gasteiger charge is -2.32. The van der Waals surface area contributed by atoms with Crippen LogP contribution in [0.25, 0.3) is 0 Å². The molecule has 2 nitrogen and oxygen atoms in total. The average molecular weight is 345 g/mol. The number of carboxylic acids is 1. The van der Waals surface area contributed by atoms with Gasteiger partial charge < -0.3 is 5.11 Å². The number of fused-ring (bicyclic) bond motifs is 2. The number of rotatable bonds is 1. The van der Waals surface area contributed by atoms with Crippen LogP contribution in [0.2, 0.25) is 0 Å². The van der Waals surface area contributed by atoms with E-state index in [9.17, 15) is 4.79 Å². The molecular weight excluding hydrogens is 341 g/mol. The van der Waals surface area contributed by atoms with Gasteiger partial charge in [0.1, 0.15) is 9.75 Å². The molecule has 16 heavy (non-hydrogen) atoms. The molecule has 0 heterocycles. The second-order valence-electron chi connectivity index (χ2n) is 3.81. The summed E-state index contributed by atoms with van der Waals surface area (Å²) in [5.74, 6) is -2.23. The van der Waals surface area contributed by atoms with Gasteiger partial charge in [-0.05, 0) is 6.42 Å². The van der Waals surface area contributed by atoms with Gasteiger partial charge in [0.05, 0.1) is 16.0 Å². The van der Waals surface area contributed by atoms with Gasteiger partial charge in [0.2, 0.25) is 0 Å². The van der Waals surface area contributed by atoms with Gasteiger partial charge in [0.25, 0.3) is 0 Å². The molecule has 8 heteroatoms. The second kappa shape index (κ2) is 3.49. The number of carbonyl (C=O) groups is 1. The first-order valence-corrected chi connectivity index (χ1v) is 6.42. The molecule has 0 aromatic heterocycles. The van der Waals surface area contributed by atoms with Gasteiger partial charge in [-0.2, -0.15) is 0 Å². The van der Waals surface area contributed by atoms with E-state index < -0.39 is 26.0 Å². The highest BCUT2D eigenvalue weighted by molar-refractivity contribution is 6.65. The Morgan fingerprint density at radius 2 is 1.69 bits per heavy atom. The largest absolute Gasteiger partial charge is 0.481 e. The molecule has 0 aromatic rings. The number of carboxylic acid groups (broad SMARTS) is 1. The maximum Gasteiger partial charge on any atom is 0.308 e. The fourth-order valence-electron chi connectivity index (χ4n) is 2.17. The maximum atomic E-state index is 11.1. The molecule has 0 amide bonds. The molecule has 0 saturated heterocycles. The molecule has 1 N–H and O–H groups in total. The smallest absolute Gasteiger partial charge is 0.308 e. The number of allylic oxidation sites excluding steroid dienone is 2. The zero-order valence-electron chi connectivity index (χ0n) is 7.41. The summed E-state index contributed by atoms with van der Waals surface area (Å²) in [4.78, 5) is 7.97. The minimum Gasteiger partial charge on any atom is -0.481 e. The predicted molar refractivity (Wildman–Crippen MR) is 66.1 cm³/mol. The van der Waals surface area contributed by atoms with Crippen molar-refractivity contribution < 1.29 is 9.90 Å². The zero-order chi connectivity index (χ0) is 12.5. The Morgan fingerprint density at radius 3 is 2.00 bits per heavy atom. The first-order valence-electron chi connectivity index (χ1n) is 4.15.